The summed E-state index contributed by atoms with van der Waals surface area (Å²) in [6.07, 6.45) is 0. The molecule has 0 amide bonds. The third kappa shape index (κ3) is 2.91. The molecule has 3 heteroatoms. The number of anilines is 1. The topological polar surface area (TPSA) is 27.0 Å². The van der Waals surface area contributed by atoms with Gasteiger partial charge in [-0.1, -0.05) is 12.1 Å². The Labute approximate surface area is 112 Å². The number of hydrogen-bond acceptors (Lipinski definition) is 3. The van der Waals surface area contributed by atoms with E-state index >= 15 is 0 Å². The molecule has 0 unspecified atom stereocenters. The van der Waals surface area contributed by atoms with Gasteiger partial charge in [0.15, 0.2) is 0 Å². The lowest BCUT2D eigenvalue weighted by molar-refractivity contribution is 0.687. The molecule has 0 fully saturated rings. The van der Waals surface area contributed by atoms with Gasteiger partial charge in [0.2, 0.25) is 0 Å². The number of rotatable bonds is 4. The van der Waals surface area contributed by atoms with Crippen molar-refractivity contribution in [3.05, 3.63) is 52.2 Å². The average molecular weight is 256 g/mol. The zero-order valence-corrected chi connectivity index (χ0v) is 11.4. The third-order valence-corrected chi connectivity index (χ3v) is 3.70. The lowest BCUT2D eigenvalue weighted by Crippen LogP contribution is -2.29. The molecule has 2 rings (SSSR count). The largest absolute Gasteiger partial charge is 0.364 e. The fraction of sp³-hybridized carbons (Fsp3) is 0.267. The molecule has 0 aliphatic rings. The minimum Gasteiger partial charge on any atom is -0.364 e. The van der Waals surface area contributed by atoms with E-state index in [2.05, 4.69) is 48.4 Å². The van der Waals surface area contributed by atoms with Crippen molar-refractivity contribution in [2.45, 2.75) is 26.4 Å². The van der Waals surface area contributed by atoms with E-state index in [-0.39, 0.29) is 0 Å². The van der Waals surface area contributed by atoms with Gasteiger partial charge in [-0.05, 0) is 43.5 Å². The molecule has 92 valence electrons. The Kier molecular flexibility index (Phi) is 4.01. The summed E-state index contributed by atoms with van der Waals surface area (Å²) in [4.78, 5) is 3.65. The van der Waals surface area contributed by atoms with E-state index in [1.54, 1.807) is 11.3 Å². The van der Waals surface area contributed by atoms with Crippen LogP contribution >= 0.6 is 11.3 Å². The van der Waals surface area contributed by atoms with Crippen LogP contribution < -0.4 is 4.90 Å². The number of nitriles is 1. The molecule has 2 nitrogen and oxygen atoms in total. The van der Waals surface area contributed by atoms with E-state index in [0.717, 1.165) is 12.2 Å². The van der Waals surface area contributed by atoms with Crippen molar-refractivity contribution in [3.63, 3.8) is 0 Å². The molecule has 0 bridgehead atoms. The van der Waals surface area contributed by atoms with E-state index in [1.807, 2.05) is 18.2 Å². The average Bonchev–Trinajstić information content (AvgIpc) is 2.88. The minimum atomic E-state index is 0.404. The van der Waals surface area contributed by atoms with Crippen molar-refractivity contribution in [3.8, 4) is 6.07 Å². The summed E-state index contributed by atoms with van der Waals surface area (Å²) >= 11 is 1.77. The Morgan fingerprint density at radius 3 is 2.72 bits per heavy atom. The minimum absolute atomic E-state index is 0.404. The van der Waals surface area contributed by atoms with Crippen LogP contribution in [-0.4, -0.2) is 6.04 Å². The second-order valence-electron chi connectivity index (χ2n) is 4.46. The highest BCUT2D eigenvalue weighted by Crippen LogP contribution is 2.22. The van der Waals surface area contributed by atoms with Crippen molar-refractivity contribution in [2.75, 3.05) is 4.90 Å². The smallest absolute Gasteiger partial charge is 0.0992 e. The summed E-state index contributed by atoms with van der Waals surface area (Å²) in [6, 6.07) is 14.6. The predicted molar refractivity (Wildman–Crippen MR) is 76.8 cm³/mol. The maximum absolute atomic E-state index is 8.97. The monoisotopic (exact) mass is 256 g/mol. The highest BCUT2D eigenvalue weighted by molar-refractivity contribution is 7.09. The molecule has 0 aliphatic carbocycles. The second kappa shape index (κ2) is 5.70. The van der Waals surface area contributed by atoms with Crippen LogP contribution in [0.1, 0.15) is 24.3 Å². The van der Waals surface area contributed by atoms with Crippen LogP contribution in [0.2, 0.25) is 0 Å². The molecule has 0 atom stereocenters. The Bertz CT molecular complexity index is 538. The highest BCUT2D eigenvalue weighted by atomic mass is 32.1. The first-order valence-corrected chi connectivity index (χ1v) is 6.88. The van der Waals surface area contributed by atoms with Gasteiger partial charge >= 0.3 is 0 Å². The van der Waals surface area contributed by atoms with Crippen LogP contribution in [-0.2, 0) is 6.54 Å². The lowest BCUT2D eigenvalue weighted by Gasteiger charge is -2.28. The molecule has 0 N–H and O–H groups in total. The first kappa shape index (κ1) is 12.7. The maximum atomic E-state index is 8.97. The van der Waals surface area contributed by atoms with Gasteiger partial charge in [0.05, 0.1) is 18.2 Å². The van der Waals surface area contributed by atoms with Gasteiger partial charge < -0.3 is 4.90 Å². The number of hydrogen-bond donors (Lipinski definition) is 0. The zero-order valence-electron chi connectivity index (χ0n) is 10.6. The molecule has 1 heterocycles. The highest BCUT2D eigenvalue weighted by Gasteiger charge is 2.12. The number of benzene rings is 1. The SMILES string of the molecule is CC(C)N(Cc1cccs1)c1cccc(C#N)c1. The number of thiophene rings is 1. The van der Waals surface area contributed by atoms with Crippen molar-refractivity contribution < 1.29 is 0 Å². The van der Waals surface area contributed by atoms with Gasteiger partial charge in [-0.3, -0.25) is 0 Å². The van der Waals surface area contributed by atoms with E-state index in [4.69, 9.17) is 5.26 Å². The van der Waals surface area contributed by atoms with Crippen molar-refractivity contribution >= 4 is 17.0 Å². The lowest BCUT2D eigenvalue weighted by atomic mass is 10.1. The second-order valence-corrected chi connectivity index (χ2v) is 5.50. The van der Waals surface area contributed by atoms with Crippen molar-refractivity contribution in [1.82, 2.24) is 0 Å². The summed E-state index contributed by atoms with van der Waals surface area (Å²) in [5.41, 5.74) is 1.82. The van der Waals surface area contributed by atoms with Crippen LogP contribution in [0.3, 0.4) is 0 Å². The predicted octanol–water partition coefficient (Wildman–Crippen LogP) is 4.03. The Morgan fingerprint density at radius 1 is 1.28 bits per heavy atom. The van der Waals surface area contributed by atoms with Gasteiger partial charge in [-0.25, -0.2) is 0 Å². The Balaban J connectivity index is 2.27. The van der Waals surface area contributed by atoms with E-state index < -0.39 is 0 Å². The van der Waals surface area contributed by atoms with Crippen LogP contribution in [0.25, 0.3) is 0 Å². The van der Waals surface area contributed by atoms with Gasteiger partial charge in [0.1, 0.15) is 0 Å². The fourth-order valence-corrected chi connectivity index (χ4v) is 2.60. The summed E-state index contributed by atoms with van der Waals surface area (Å²) in [5.74, 6) is 0. The summed E-state index contributed by atoms with van der Waals surface area (Å²) in [6.45, 7) is 5.24. The fourth-order valence-electron chi connectivity index (χ4n) is 1.90. The molecule has 0 saturated heterocycles. The first-order valence-electron chi connectivity index (χ1n) is 6.00. The van der Waals surface area contributed by atoms with Crippen LogP contribution in [0.5, 0.6) is 0 Å². The molecular formula is C15H16N2S. The molecule has 1 aromatic carbocycles. The van der Waals surface area contributed by atoms with Gasteiger partial charge in [-0.15, -0.1) is 11.3 Å². The Morgan fingerprint density at radius 2 is 2.11 bits per heavy atom. The molecule has 2 aromatic rings. The molecule has 0 saturated carbocycles. The van der Waals surface area contributed by atoms with Gasteiger partial charge in [-0.2, -0.15) is 5.26 Å². The van der Waals surface area contributed by atoms with Gasteiger partial charge in [0, 0.05) is 16.6 Å². The summed E-state index contributed by atoms with van der Waals surface area (Å²) in [7, 11) is 0. The normalized spacial score (nSPS) is 10.3. The Hall–Kier alpha value is -1.79. The molecule has 1 aromatic heterocycles. The van der Waals surface area contributed by atoms with Crippen LogP contribution in [0.4, 0.5) is 5.69 Å². The summed E-state index contributed by atoms with van der Waals surface area (Å²) < 4.78 is 0. The van der Waals surface area contributed by atoms with Crippen LogP contribution in [0, 0.1) is 11.3 Å². The van der Waals surface area contributed by atoms with Crippen molar-refractivity contribution in [2.24, 2.45) is 0 Å². The molecule has 0 spiro atoms. The molecule has 0 aliphatic heterocycles. The third-order valence-electron chi connectivity index (χ3n) is 2.84. The standard InChI is InChI=1S/C15H16N2S/c1-12(2)17(11-15-7-4-8-18-15)14-6-3-5-13(9-14)10-16/h3-9,12H,11H2,1-2H3. The molecule has 18 heavy (non-hydrogen) atoms. The maximum Gasteiger partial charge on any atom is 0.0992 e. The quantitative estimate of drug-likeness (QED) is 0.825. The van der Waals surface area contributed by atoms with E-state index in [9.17, 15) is 0 Å². The zero-order chi connectivity index (χ0) is 13.0. The van der Waals surface area contributed by atoms with E-state index in [1.165, 1.54) is 4.88 Å². The first-order chi connectivity index (χ1) is 8.70. The molecule has 0 radical (unpaired) electrons. The van der Waals surface area contributed by atoms with Crippen LogP contribution in [0.15, 0.2) is 41.8 Å². The van der Waals surface area contributed by atoms with Crippen molar-refractivity contribution in [1.29, 1.82) is 5.26 Å². The van der Waals surface area contributed by atoms with Gasteiger partial charge in [0.25, 0.3) is 0 Å². The molecular weight excluding hydrogens is 240 g/mol. The van der Waals surface area contributed by atoms with E-state index in [0.29, 0.717) is 11.6 Å². The summed E-state index contributed by atoms with van der Waals surface area (Å²) in [5, 5.41) is 11.1. The number of nitrogens with zero attached hydrogens (tertiary/aromatic N) is 2.